The Morgan fingerprint density at radius 3 is 2.72 bits per heavy atom. The number of anilines is 1. The average Bonchev–Trinajstić information content (AvgIpc) is 3.29. The van der Waals surface area contributed by atoms with E-state index in [1.165, 1.54) is 23.3 Å². The molecule has 0 saturated carbocycles. The minimum Gasteiger partial charge on any atom is -0.465 e. The van der Waals surface area contributed by atoms with Gasteiger partial charge in [0.05, 0.1) is 24.9 Å². The number of carbonyl (C=O) groups excluding carboxylic acids is 2. The van der Waals surface area contributed by atoms with E-state index in [0.29, 0.717) is 22.0 Å². The minimum absolute atomic E-state index is 0.245. The van der Waals surface area contributed by atoms with E-state index in [9.17, 15) is 14.7 Å². The molecule has 1 atom stereocenters. The molecule has 1 aromatic heterocycles. The van der Waals surface area contributed by atoms with E-state index in [2.05, 4.69) is 0 Å². The monoisotopic (exact) mass is 407 g/mol. The molecule has 0 radical (unpaired) electrons. The van der Waals surface area contributed by atoms with Crippen LogP contribution in [0.15, 0.2) is 77.4 Å². The van der Waals surface area contributed by atoms with Crippen molar-refractivity contribution in [3.63, 3.8) is 0 Å². The highest BCUT2D eigenvalue weighted by atomic mass is 35.5. The largest absolute Gasteiger partial charge is 0.465 e. The molecule has 2 heterocycles. The first kappa shape index (κ1) is 19.2. The molecule has 29 heavy (non-hydrogen) atoms. The van der Waals surface area contributed by atoms with E-state index in [-0.39, 0.29) is 18.7 Å². The van der Waals surface area contributed by atoms with E-state index in [0.717, 1.165) is 5.56 Å². The summed E-state index contributed by atoms with van der Waals surface area (Å²) >= 11 is 6.06. The third-order valence-electron chi connectivity index (χ3n) is 4.88. The number of ketones is 1. The molecule has 146 valence electrons. The molecule has 1 aliphatic rings. The summed E-state index contributed by atoms with van der Waals surface area (Å²) in [5.74, 6) is -0.388. The molecule has 1 unspecified atom stereocenters. The van der Waals surface area contributed by atoms with Crippen LogP contribution in [0, 0.1) is 0 Å². The molecule has 0 aliphatic carbocycles. The maximum atomic E-state index is 13.2. The minimum atomic E-state index is -1.92. The van der Waals surface area contributed by atoms with Crippen LogP contribution in [0.3, 0.4) is 0 Å². The van der Waals surface area contributed by atoms with Gasteiger partial charge in [0.1, 0.15) is 5.76 Å². The lowest BCUT2D eigenvalue weighted by Gasteiger charge is -2.22. The van der Waals surface area contributed by atoms with Gasteiger partial charge in [0.2, 0.25) is 0 Å². The quantitative estimate of drug-likeness (QED) is 0.617. The van der Waals surface area contributed by atoms with Gasteiger partial charge in [0, 0.05) is 10.6 Å². The number of hydrogen-bond acceptors (Lipinski definition) is 4. The third kappa shape index (κ3) is 3.75. The Morgan fingerprint density at radius 1 is 1.14 bits per heavy atom. The van der Waals surface area contributed by atoms with Gasteiger partial charge < -0.3 is 14.4 Å². The van der Waals surface area contributed by atoms with Crippen molar-refractivity contribution in [3.05, 3.63) is 94.9 Å². The van der Waals surface area contributed by atoms with Crippen molar-refractivity contribution in [3.8, 4) is 0 Å². The normalized spacial score (nSPS) is 18.4. The number of hydrogen-bond donors (Lipinski definition) is 1. The first-order chi connectivity index (χ1) is 14.0. The number of nitrogens with zero attached hydrogens (tertiary/aromatic N) is 1. The maximum Gasteiger partial charge on any atom is 0.264 e. The first-order valence-corrected chi connectivity index (χ1v) is 9.48. The van der Waals surface area contributed by atoms with Crippen LogP contribution in [0.1, 0.15) is 23.3 Å². The van der Waals surface area contributed by atoms with Crippen LogP contribution in [-0.2, 0) is 21.7 Å². The number of para-hydroxylation sites is 1. The van der Waals surface area contributed by atoms with Gasteiger partial charge in [-0.3, -0.25) is 9.59 Å². The standard InChI is InChI=1S/C23H18ClNO4/c24-17-6-3-5-16(13-17)15-25-21-9-2-1-8-20(21)23(28,22(25)27)14-18(26)10-11-19-7-4-12-29-19/h1-13,28H,14-15H2. The Morgan fingerprint density at radius 2 is 1.97 bits per heavy atom. The maximum absolute atomic E-state index is 13.2. The lowest BCUT2D eigenvalue weighted by atomic mass is 9.90. The fraction of sp³-hybridized carbons (Fsp3) is 0.130. The zero-order valence-corrected chi connectivity index (χ0v) is 16.2. The molecule has 2 aromatic carbocycles. The van der Waals surface area contributed by atoms with E-state index in [4.69, 9.17) is 16.0 Å². The molecule has 1 aliphatic heterocycles. The lowest BCUT2D eigenvalue weighted by Crippen LogP contribution is -2.41. The molecule has 1 N–H and O–H groups in total. The van der Waals surface area contributed by atoms with Crippen LogP contribution in [0.2, 0.25) is 5.02 Å². The van der Waals surface area contributed by atoms with Crippen LogP contribution in [-0.4, -0.2) is 16.8 Å². The van der Waals surface area contributed by atoms with E-state index < -0.39 is 11.5 Å². The predicted octanol–water partition coefficient (Wildman–Crippen LogP) is 4.34. The fourth-order valence-corrected chi connectivity index (χ4v) is 3.74. The number of aliphatic hydroxyl groups is 1. The molecule has 4 rings (SSSR count). The van der Waals surface area contributed by atoms with E-state index >= 15 is 0 Å². The third-order valence-corrected chi connectivity index (χ3v) is 5.11. The molecule has 3 aromatic rings. The molecule has 0 spiro atoms. The molecule has 1 amide bonds. The van der Waals surface area contributed by atoms with Gasteiger partial charge in [0.25, 0.3) is 5.91 Å². The van der Waals surface area contributed by atoms with Crippen molar-refractivity contribution in [1.29, 1.82) is 0 Å². The summed E-state index contributed by atoms with van der Waals surface area (Å²) in [4.78, 5) is 27.2. The highest BCUT2D eigenvalue weighted by Crippen LogP contribution is 2.43. The van der Waals surface area contributed by atoms with Crippen LogP contribution < -0.4 is 4.90 Å². The van der Waals surface area contributed by atoms with Crippen LogP contribution in [0.5, 0.6) is 0 Å². The summed E-state index contributed by atoms with van der Waals surface area (Å²) in [6.45, 7) is 0.245. The molecule has 6 heteroatoms. The van der Waals surface area contributed by atoms with Gasteiger partial charge in [-0.05, 0) is 48.0 Å². The Balaban J connectivity index is 1.61. The average molecular weight is 408 g/mol. The van der Waals surface area contributed by atoms with Crippen molar-refractivity contribution in [2.45, 2.75) is 18.6 Å². The molecule has 0 bridgehead atoms. The van der Waals surface area contributed by atoms with Crippen molar-refractivity contribution in [2.24, 2.45) is 0 Å². The van der Waals surface area contributed by atoms with Gasteiger partial charge in [-0.2, -0.15) is 0 Å². The number of allylic oxidation sites excluding steroid dienone is 1. The Labute approximate surface area is 172 Å². The number of halogens is 1. The summed E-state index contributed by atoms with van der Waals surface area (Å²) in [6.07, 6.45) is 3.97. The number of rotatable bonds is 6. The second-order valence-corrected chi connectivity index (χ2v) is 7.33. The number of furan rings is 1. The van der Waals surface area contributed by atoms with E-state index in [1.807, 2.05) is 6.07 Å². The highest BCUT2D eigenvalue weighted by molar-refractivity contribution is 6.30. The lowest BCUT2D eigenvalue weighted by molar-refractivity contribution is -0.140. The number of carbonyl (C=O) groups is 2. The fourth-order valence-electron chi connectivity index (χ4n) is 3.52. The molecular formula is C23H18ClNO4. The molecular weight excluding hydrogens is 390 g/mol. The Bertz CT molecular complexity index is 1090. The highest BCUT2D eigenvalue weighted by Gasteiger charge is 2.50. The van der Waals surface area contributed by atoms with Gasteiger partial charge in [-0.25, -0.2) is 0 Å². The number of benzene rings is 2. The van der Waals surface area contributed by atoms with Crippen molar-refractivity contribution in [2.75, 3.05) is 4.90 Å². The van der Waals surface area contributed by atoms with E-state index in [1.54, 1.807) is 54.6 Å². The number of fused-ring (bicyclic) bond motifs is 1. The van der Waals surface area contributed by atoms with Crippen molar-refractivity contribution in [1.82, 2.24) is 0 Å². The zero-order chi connectivity index (χ0) is 20.4. The summed E-state index contributed by atoms with van der Waals surface area (Å²) in [6, 6.07) is 17.6. The second kappa shape index (κ2) is 7.70. The molecule has 0 fully saturated rings. The summed E-state index contributed by atoms with van der Waals surface area (Å²) in [5, 5.41) is 11.8. The summed E-state index contributed by atoms with van der Waals surface area (Å²) < 4.78 is 5.16. The predicted molar refractivity (Wildman–Crippen MR) is 110 cm³/mol. The molecule has 0 saturated heterocycles. The van der Waals surface area contributed by atoms with Gasteiger partial charge in [-0.15, -0.1) is 0 Å². The van der Waals surface area contributed by atoms with Crippen molar-refractivity contribution >= 4 is 35.1 Å². The summed E-state index contributed by atoms with van der Waals surface area (Å²) in [7, 11) is 0. The Hall–Kier alpha value is -3.15. The van der Waals surface area contributed by atoms with Gasteiger partial charge in [0.15, 0.2) is 11.4 Å². The van der Waals surface area contributed by atoms with Gasteiger partial charge in [-0.1, -0.05) is 41.9 Å². The van der Waals surface area contributed by atoms with Crippen LogP contribution >= 0.6 is 11.6 Å². The van der Waals surface area contributed by atoms with Gasteiger partial charge >= 0.3 is 0 Å². The summed E-state index contributed by atoms with van der Waals surface area (Å²) in [5.41, 5.74) is -0.0803. The topological polar surface area (TPSA) is 70.7 Å². The van der Waals surface area contributed by atoms with Crippen LogP contribution in [0.4, 0.5) is 5.69 Å². The first-order valence-electron chi connectivity index (χ1n) is 9.10. The Kier molecular flexibility index (Phi) is 5.09. The molecule has 5 nitrogen and oxygen atoms in total. The van der Waals surface area contributed by atoms with Crippen LogP contribution in [0.25, 0.3) is 6.08 Å². The zero-order valence-electron chi connectivity index (χ0n) is 15.4. The van der Waals surface area contributed by atoms with Crippen molar-refractivity contribution < 1.29 is 19.1 Å². The number of amides is 1. The SMILES string of the molecule is O=C(C=Cc1ccco1)CC1(O)C(=O)N(Cc2cccc(Cl)c2)c2ccccc21. The smallest absolute Gasteiger partial charge is 0.264 e. The second-order valence-electron chi connectivity index (χ2n) is 6.89.